The Hall–Kier alpha value is 0.01000. The summed E-state index contributed by atoms with van der Waals surface area (Å²) in [7, 11) is 0. The number of hydrogen-bond acceptors (Lipinski definition) is 7. The van der Waals surface area contributed by atoms with Crippen LogP contribution in [-0.2, 0) is 0 Å². The van der Waals surface area contributed by atoms with E-state index in [1.54, 1.807) is 0 Å². The lowest BCUT2D eigenvalue weighted by molar-refractivity contribution is 1.05. The quantitative estimate of drug-likeness (QED) is 0.563. The first-order valence-electron chi connectivity index (χ1n) is 6.69. The molecule has 23 heavy (non-hydrogen) atoms. The topological polar surface area (TPSA) is 17.8 Å². The van der Waals surface area contributed by atoms with E-state index in [1.165, 1.54) is 26.7 Å². The van der Waals surface area contributed by atoms with Crippen molar-refractivity contribution in [2.24, 2.45) is 0 Å². The molecule has 0 unspecified atom stereocenters. The Morgan fingerprint density at radius 3 is 1.87 bits per heavy atom. The third kappa shape index (κ3) is 3.26. The molecule has 2 aromatic rings. The van der Waals surface area contributed by atoms with Crippen LogP contribution in [-0.4, -0.2) is 22.1 Å². The normalized spacial score (nSPS) is 17.3. The second-order valence-corrected chi connectivity index (χ2v) is 11.4. The smallest absolute Gasteiger partial charge is 0.0717 e. The molecule has 118 valence electrons. The number of thioether (sulfide) groups is 6. The zero-order valence-electron chi connectivity index (χ0n) is 12.3. The van der Waals surface area contributed by atoms with Crippen molar-refractivity contribution >= 4 is 70.6 Å². The number of hydrogen-bond donors (Lipinski definition) is 0. The molecule has 2 aliphatic rings. The fourth-order valence-electron chi connectivity index (χ4n) is 2.15. The number of aromatic nitrogens is 2. The summed E-state index contributed by atoms with van der Waals surface area (Å²) in [5, 5.41) is 0. The second kappa shape index (κ2) is 7.09. The lowest BCUT2D eigenvalue weighted by atomic mass is 10.4. The van der Waals surface area contributed by atoms with E-state index >= 15 is 0 Å². The Morgan fingerprint density at radius 1 is 0.826 bits per heavy atom. The first-order valence-corrected chi connectivity index (χ1v) is 12.4. The standard InChI is InChI=1S/C15H12N2S6/c1-18-12-13(19-2)23-15(22-12)14-20-10-7-17(8-11(10)21-14)9-3-5-16-6-4-9/h3-8H,1-2H3. The van der Waals surface area contributed by atoms with Crippen molar-refractivity contribution in [1.29, 1.82) is 0 Å². The van der Waals surface area contributed by atoms with E-state index in [9.17, 15) is 0 Å². The summed E-state index contributed by atoms with van der Waals surface area (Å²) >= 11 is 11.3. The van der Waals surface area contributed by atoms with Crippen molar-refractivity contribution in [1.82, 2.24) is 9.55 Å². The van der Waals surface area contributed by atoms with Gasteiger partial charge in [-0.25, -0.2) is 0 Å². The monoisotopic (exact) mass is 412 g/mol. The Balaban J connectivity index is 1.56. The SMILES string of the molecule is CSC1=C(SC)SC(=C2Sc3cn(-c4ccncc4)cc3S2)S1. The molecule has 0 saturated heterocycles. The predicted molar refractivity (Wildman–Crippen MR) is 112 cm³/mol. The summed E-state index contributed by atoms with van der Waals surface area (Å²) in [4.78, 5) is 6.78. The molecular formula is C15H12N2S6. The van der Waals surface area contributed by atoms with Gasteiger partial charge in [-0.2, -0.15) is 0 Å². The molecule has 0 fully saturated rings. The number of nitrogens with zero attached hydrogens (tertiary/aromatic N) is 2. The summed E-state index contributed by atoms with van der Waals surface area (Å²) in [6.45, 7) is 0. The minimum Gasteiger partial charge on any atom is -0.321 e. The maximum atomic E-state index is 4.08. The molecule has 0 saturated carbocycles. The molecule has 0 bridgehead atoms. The van der Waals surface area contributed by atoms with Gasteiger partial charge in [-0.1, -0.05) is 47.0 Å². The van der Waals surface area contributed by atoms with Crippen LogP contribution in [0.25, 0.3) is 5.69 Å². The summed E-state index contributed by atoms with van der Waals surface area (Å²) in [5.41, 5.74) is 1.16. The van der Waals surface area contributed by atoms with E-state index in [2.05, 4.69) is 34.5 Å². The van der Waals surface area contributed by atoms with Crippen molar-refractivity contribution in [2.75, 3.05) is 12.5 Å². The third-order valence-corrected chi connectivity index (χ3v) is 11.4. The van der Waals surface area contributed by atoms with Crippen LogP contribution in [0.5, 0.6) is 0 Å². The van der Waals surface area contributed by atoms with Gasteiger partial charge in [-0.3, -0.25) is 4.98 Å². The van der Waals surface area contributed by atoms with Crippen molar-refractivity contribution in [3.05, 3.63) is 53.9 Å². The predicted octanol–water partition coefficient (Wildman–Crippen LogP) is 6.53. The Morgan fingerprint density at radius 2 is 1.35 bits per heavy atom. The van der Waals surface area contributed by atoms with Crippen molar-refractivity contribution in [2.45, 2.75) is 9.79 Å². The van der Waals surface area contributed by atoms with E-state index in [4.69, 9.17) is 0 Å². The maximum absolute atomic E-state index is 4.08. The number of pyridine rings is 1. The summed E-state index contributed by atoms with van der Waals surface area (Å²) in [6, 6.07) is 4.07. The van der Waals surface area contributed by atoms with E-state index < -0.39 is 0 Å². The number of rotatable bonds is 3. The van der Waals surface area contributed by atoms with Crippen LogP contribution < -0.4 is 0 Å². The molecule has 4 rings (SSSR count). The lowest BCUT2D eigenvalue weighted by Gasteiger charge is -2.04. The average molecular weight is 413 g/mol. The van der Waals surface area contributed by atoms with Crippen molar-refractivity contribution in [3.63, 3.8) is 0 Å². The fraction of sp³-hybridized carbons (Fsp3) is 0.133. The third-order valence-electron chi connectivity index (χ3n) is 3.20. The zero-order valence-corrected chi connectivity index (χ0v) is 17.2. The highest BCUT2D eigenvalue weighted by atomic mass is 32.3. The Bertz CT molecular complexity index is 765. The highest BCUT2D eigenvalue weighted by Gasteiger charge is 2.29. The first-order chi connectivity index (χ1) is 11.3. The van der Waals surface area contributed by atoms with E-state index in [0.717, 1.165) is 5.69 Å². The molecule has 0 aromatic carbocycles. The van der Waals surface area contributed by atoms with E-state index in [-0.39, 0.29) is 0 Å². The van der Waals surface area contributed by atoms with Gasteiger partial charge in [0.05, 0.1) is 16.9 Å². The fourth-order valence-corrected chi connectivity index (χ4v) is 9.96. The van der Waals surface area contributed by atoms with Crippen LogP contribution in [0.4, 0.5) is 0 Å². The molecule has 0 atom stereocenters. The summed E-state index contributed by atoms with van der Waals surface area (Å²) in [5.74, 6) is 0. The van der Waals surface area contributed by atoms with Crippen molar-refractivity contribution in [3.8, 4) is 5.69 Å². The second-order valence-electron chi connectivity index (χ2n) is 4.57. The lowest BCUT2D eigenvalue weighted by Crippen LogP contribution is -1.89. The van der Waals surface area contributed by atoms with E-state index in [1.807, 2.05) is 95.1 Å². The highest BCUT2D eigenvalue weighted by Crippen LogP contribution is 2.63. The molecule has 0 amide bonds. The molecule has 0 aliphatic carbocycles. The number of fused-ring (bicyclic) bond motifs is 1. The largest absolute Gasteiger partial charge is 0.321 e. The Labute approximate surface area is 161 Å². The van der Waals surface area contributed by atoms with Gasteiger partial charge in [0.25, 0.3) is 0 Å². The van der Waals surface area contributed by atoms with Crippen LogP contribution in [0.1, 0.15) is 0 Å². The van der Waals surface area contributed by atoms with Crippen LogP contribution in [0.2, 0.25) is 0 Å². The van der Waals surface area contributed by atoms with Gasteiger partial charge in [0.1, 0.15) is 0 Å². The van der Waals surface area contributed by atoms with E-state index in [0.29, 0.717) is 0 Å². The van der Waals surface area contributed by atoms with Gasteiger partial charge < -0.3 is 4.57 Å². The molecular weight excluding hydrogens is 401 g/mol. The van der Waals surface area contributed by atoms with Gasteiger partial charge in [-0.05, 0) is 24.6 Å². The average Bonchev–Trinajstić information content (AvgIpc) is 3.27. The highest BCUT2D eigenvalue weighted by molar-refractivity contribution is 8.41. The van der Waals surface area contributed by atoms with Crippen LogP contribution in [0, 0.1) is 0 Å². The summed E-state index contributed by atoms with van der Waals surface area (Å²) < 4.78 is 7.90. The van der Waals surface area contributed by atoms with Gasteiger partial charge in [0, 0.05) is 40.3 Å². The van der Waals surface area contributed by atoms with Crippen LogP contribution >= 0.6 is 70.6 Å². The Kier molecular flexibility index (Phi) is 5.08. The molecule has 2 aliphatic heterocycles. The molecule has 4 heterocycles. The van der Waals surface area contributed by atoms with Crippen LogP contribution in [0.3, 0.4) is 0 Å². The van der Waals surface area contributed by atoms with Gasteiger partial charge in [0.2, 0.25) is 0 Å². The molecule has 0 N–H and O–H groups in total. The first kappa shape index (κ1) is 16.5. The summed E-state index contributed by atoms with van der Waals surface area (Å²) in [6.07, 6.45) is 12.4. The van der Waals surface area contributed by atoms with Gasteiger partial charge in [0.15, 0.2) is 0 Å². The molecule has 2 nitrogen and oxygen atoms in total. The van der Waals surface area contributed by atoms with Gasteiger partial charge >= 0.3 is 0 Å². The molecule has 2 aromatic heterocycles. The minimum atomic E-state index is 1.16. The molecule has 8 heteroatoms. The molecule has 0 radical (unpaired) electrons. The minimum absolute atomic E-state index is 1.16. The van der Waals surface area contributed by atoms with Gasteiger partial charge in [-0.15, -0.1) is 23.5 Å². The maximum Gasteiger partial charge on any atom is 0.0717 e. The zero-order chi connectivity index (χ0) is 15.8. The van der Waals surface area contributed by atoms with Crippen molar-refractivity contribution < 1.29 is 0 Å². The van der Waals surface area contributed by atoms with Crippen LogP contribution in [0.15, 0.2) is 63.7 Å². The molecule has 0 spiro atoms.